The van der Waals surface area contributed by atoms with E-state index in [9.17, 15) is 9.59 Å². The van der Waals surface area contributed by atoms with Crippen molar-refractivity contribution in [3.05, 3.63) is 0 Å². The topological polar surface area (TPSA) is 66.4 Å². The lowest BCUT2D eigenvalue weighted by molar-refractivity contribution is -0.138. The first-order chi connectivity index (χ1) is 7.65. The number of aliphatic carboxylic acids is 1. The molecule has 1 aliphatic carbocycles. The first-order valence-electron chi connectivity index (χ1n) is 6.17. The molecule has 0 spiro atoms. The summed E-state index contributed by atoms with van der Waals surface area (Å²) in [5.74, 6) is 0.383. The van der Waals surface area contributed by atoms with Crippen LogP contribution in [0.4, 0.5) is 0 Å². The number of carboxylic acid groups (broad SMARTS) is 1. The Morgan fingerprint density at radius 2 is 2.00 bits per heavy atom. The lowest BCUT2D eigenvalue weighted by atomic mass is 9.56. The lowest BCUT2D eigenvalue weighted by Gasteiger charge is -2.27. The highest BCUT2D eigenvalue weighted by Crippen LogP contribution is 2.30. The van der Waals surface area contributed by atoms with Crippen LogP contribution in [-0.4, -0.2) is 30.2 Å². The number of hydrogen-bond donors (Lipinski definition) is 2. The molecule has 88 valence electrons. The number of hydrogen-bond acceptors (Lipinski definition) is 2. The van der Waals surface area contributed by atoms with Gasteiger partial charge in [-0.15, -0.1) is 0 Å². The van der Waals surface area contributed by atoms with E-state index in [1.165, 1.54) is 0 Å². The molecule has 2 aliphatic rings. The Kier molecular flexibility index (Phi) is 3.51. The van der Waals surface area contributed by atoms with Crippen molar-refractivity contribution in [2.24, 2.45) is 11.8 Å². The van der Waals surface area contributed by atoms with E-state index in [4.69, 9.17) is 5.11 Å². The molecular weight excluding hydrogens is 205 g/mol. The molecule has 0 aromatic carbocycles. The predicted octanol–water partition coefficient (Wildman–Crippen LogP) is 0.578. The van der Waals surface area contributed by atoms with Crippen LogP contribution >= 0.6 is 0 Å². The van der Waals surface area contributed by atoms with Gasteiger partial charge in [-0.2, -0.15) is 0 Å². The fraction of sp³-hybridized carbons (Fsp3) is 0.818. The summed E-state index contributed by atoms with van der Waals surface area (Å²) >= 11 is 0. The van der Waals surface area contributed by atoms with Gasteiger partial charge in [0.15, 0.2) is 0 Å². The maximum Gasteiger partial charge on any atom is 0.303 e. The first-order valence-corrected chi connectivity index (χ1v) is 6.17. The van der Waals surface area contributed by atoms with E-state index in [1.807, 2.05) is 0 Å². The van der Waals surface area contributed by atoms with Gasteiger partial charge in [-0.3, -0.25) is 9.59 Å². The second-order valence-electron chi connectivity index (χ2n) is 5.10. The smallest absolute Gasteiger partial charge is 0.303 e. The van der Waals surface area contributed by atoms with Crippen molar-refractivity contribution < 1.29 is 14.7 Å². The van der Waals surface area contributed by atoms with E-state index < -0.39 is 5.97 Å². The van der Waals surface area contributed by atoms with E-state index in [-0.39, 0.29) is 24.2 Å². The second-order valence-corrected chi connectivity index (χ2v) is 5.10. The standard InChI is InChI=1S/C11H18BNO3/c14-10(15)5-7-1-4-9(12-6-7)13-11(16)8-2-3-8/h7-9,12H,1-6H2,(H,13,16)(H,14,15). The van der Waals surface area contributed by atoms with Crippen molar-refractivity contribution in [1.29, 1.82) is 0 Å². The van der Waals surface area contributed by atoms with Crippen LogP contribution in [0.25, 0.3) is 0 Å². The van der Waals surface area contributed by atoms with Crippen LogP contribution in [0.15, 0.2) is 0 Å². The van der Waals surface area contributed by atoms with Crippen LogP contribution in [-0.2, 0) is 9.59 Å². The molecule has 1 saturated heterocycles. The third-order valence-corrected chi connectivity index (χ3v) is 3.60. The van der Waals surface area contributed by atoms with Crippen LogP contribution in [0.1, 0.15) is 32.1 Å². The molecular formula is C11H18BNO3. The first kappa shape index (κ1) is 11.5. The summed E-state index contributed by atoms with van der Waals surface area (Å²) < 4.78 is 0. The van der Waals surface area contributed by atoms with Crippen LogP contribution in [0.3, 0.4) is 0 Å². The van der Waals surface area contributed by atoms with Gasteiger partial charge in [-0.1, -0.05) is 6.32 Å². The Bertz CT molecular complexity index is 283. The minimum absolute atomic E-state index is 0.210. The second kappa shape index (κ2) is 4.89. The number of amides is 1. The molecule has 1 heterocycles. The Morgan fingerprint density at radius 1 is 1.25 bits per heavy atom. The van der Waals surface area contributed by atoms with E-state index in [2.05, 4.69) is 5.32 Å². The van der Waals surface area contributed by atoms with Crippen molar-refractivity contribution in [2.45, 2.75) is 44.4 Å². The van der Waals surface area contributed by atoms with Gasteiger partial charge in [-0.25, -0.2) is 0 Å². The maximum absolute atomic E-state index is 11.5. The van der Waals surface area contributed by atoms with E-state index in [1.54, 1.807) is 0 Å². The van der Waals surface area contributed by atoms with Crippen LogP contribution in [0.5, 0.6) is 0 Å². The molecule has 1 saturated carbocycles. The Labute approximate surface area is 96.0 Å². The van der Waals surface area contributed by atoms with Crippen molar-refractivity contribution >= 4 is 19.2 Å². The highest BCUT2D eigenvalue weighted by atomic mass is 16.4. The molecule has 1 amide bonds. The van der Waals surface area contributed by atoms with Gasteiger partial charge in [0.25, 0.3) is 0 Å². The molecule has 5 heteroatoms. The average Bonchev–Trinajstić information content (AvgIpc) is 3.03. The van der Waals surface area contributed by atoms with Crippen LogP contribution < -0.4 is 5.32 Å². The molecule has 1 aliphatic heterocycles. The van der Waals surface area contributed by atoms with Gasteiger partial charge in [0.05, 0.1) is 0 Å². The van der Waals surface area contributed by atoms with E-state index in [0.29, 0.717) is 5.92 Å². The zero-order valence-corrected chi connectivity index (χ0v) is 9.45. The fourth-order valence-corrected chi connectivity index (χ4v) is 2.42. The molecule has 0 radical (unpaired) electrons. The summed E-state index contributed by atoms with van der Waals surface area (Å²) in [6.45, 7) is 0. The maximum atomic E-state index is 11.5. The molecule has 4 nitrogen and oxygen atoms in total. The van der Waals surface area contributed by atoms with Crippen molar-refractivity contribution in [3.8, 4) is 0 Å². The Hall–Kier alpha value is -0.995. The lowest BCUT2D eigenvalue weighted by Crippen LogP contribution is -2.43. The summed E-state index contributed by atoms with van der Waals surface area (Å²) in [4.78, 5) is 22.1. The van der Waals surface area contributed by atoms with Crippen LogP contribution in [0, 0.1) is 11.8 Å². The monoisotopic (exact) mass is 223 g/mol. The van der Waals surface area contributed by atoms with Gasteiger partial charge in [0.2, 0.25) is 5.91 Å². The zero-order chi connectivity index (χ0) is 11.5. The number of nitrogens with one attached hydrogen (secondary N) is 1. The minimum Gasteiger partial charge on any atom is -0.481 e. The van der Waals surface area contributed by atoms with Gasteiger partial charge in [0, 0.05) is 18.3 Å². The summed E-state index contributed by atoms with van der Waals surface area (Å²) in [5, 5.41) is 11.8. The number of rotatable bonds is 4. The third kappa shape index (κ3) is 3.25. The molecule has 16 heavy (non-hydrogen) atoms. The summed E-state index contributed by atoms with van der Waals surface area (Å²) in [6, 6.07) is 0. The molecule has 2 unspecified atom stereocenters. The van der Waals surface area contributed by atoms with Gasteiger partial charge < -0.3 is 10.4 Å². The summed E-state index contributed by atoms with van der Waals surface area (Å²) in [6.07, 6.45) is 5.17. The van der Waals surface area contributed by atoms with E-state index in [0.717, 1.165) is 39.3 Å². The minimum atomic E-state index is -0.703. The molecule has 2 atom stereocenters. The van der Waals surface area contributed by atoms with E-state index >= 15 is 0 Å². The Morgan fingerprint density at radius 3 is 2.50 bits per heavy atom. The van der Waals surface area contributed by atoms with Gasteiger partial charge >= 0.3 is 5.97 Å². The Balaban J connectivity index is 1.68. The molecule has 2 N–H and O–H groups in total. The molecule has 0 aromatic heterocycles. The zero-order valence-electron chi connectivity index (χ0n) is 9.45. The van der Waals surface area contributed by atoms with Crippen molar-refractivity contribution in [3.63, 3.8) is 0 Å². The van der Waals surface area contributed by atoms with Crippen molar-refractivity contribution in [1.82, 2.24) is 5.32 Å². The molecule has 0 bridgehead atoms. The highest BCUT2D eigenvalue weighted by molar-refractivity contribution is 6.38. The van der Waals surface area contributed by atoms with Gasteiger partial charge in [-0.05, 0) is 31.6 Å². The van der Waals surface area contributed by atoms with Crippen LogP contribution in [0.2, 0.25) is 6.32 Å². The SMILES string of the molecule is O=C(O)CC1CBC(NC(=O)C2CC2)CC1. The predicted molar refractivity (Wildman–Crippen MR) is 61.6 cm³/mol. The largest absolute Gasteiger partial charge is 0.481 e. The quantitative estimate of drug-likeness (QED) is 0.685. The average molecular weight is 223 g/mol. The fourth-order valence-electron chi connectivity index (χ4n) is 2.42. The summed E-state index contributed by atoms with van der Waals surface area (Å²) in [5.41, 5.74) is 0. The van der Waals surface area contributed by atoms with Gasteiger partial charge in [0.1, 0.15) is 7.28 Å². The highest BCUT2D eigenvalue weighted by Gasteiger charge is 2.32. The number of carboxylic acids is 1. The number of carbonyl (C=O) groups excluding carboxylic acids is 1. The molecule has 2 fully saturated rings. The molecule has 2 rings (SSSR count). The number of carbonyl (C=O) groups is 2. The molecule has 0 aromatic rings. The normalized spacial score (nSPS) is 29.2. The summed E-state index contributed by atoms with van der Waals surface area (Å²) in [7, 11) is 0.941. The van der Waals surface area contributed by atoms with Crippen molar-refractivity contribution in [2.75, 3.05) is 0 Å². The third-order valence-electron chi connectivity index (χ3n) is 3.60.